The van der Waals surface area contributed by atoms with Crippen molar-refractivity contribution in [1.82, 2.24) is 4.90 Å². The molecular weight excluding hydrogens is 182 g/mol. The molecule has 0 saturated carbocycles. The molecule has 0 N–H and O–H groups in total. The summed E-state index contributed by atoms with van der Waals surface area (Å²) in [6.45, 7) is 0. The van der Waals surface area contributed by atoms with Gasteiger partial charge < -0.3 is 9.64 Å². The van der Waals surface area contributed by atoms with Crippen molar-refractivity contribution in [3.8, 4) is 0 Å². The summed E-state index contributed by atoms with van der Waals surface area (Å²) >= 11 is 0. The highest BCUT2D eigenvalue weighted by atomic mass is 32.2. The molecule has 0 spiro atoms. The lowest BCUT2D eigenvalue weighted by Gasteiger charge is -2.11. The average molecular weight is 191 g/mol. The molecule has 2 saturated heterocycles. The molecule has 2 aliphatic rings. The van der Waals surface area contributed by atoms with Gasteiger partial charge in [0.25, 0.3) is 0 Å². The summed E-state index contributed by atoms with van der Waals surface area (Å²) in [7, 11) is -1.42. The number of carbonyl (C=O) groups is 1. The van der Waals surface area contributed by atoms with Gasteiger partial charge in [-0.25, -0.2) is 13.2 Å². The van der Waals surface area contributed by atoms with Crippen LogP contribution in [0, 0.1) is 0 Å². The van der Waals surface area contributed by atoms with E-state index in [1.54, 1.807) is 7.05 Å². The molecule has 0 aliphatic carbocycles. The van der Waals surface area contributed by atoms with Gasteiger partial charge in [0.15, 0.2) is 9.84 Å². The number of hydrogen-bond acceptors (Lipinski definition) is 4. The van der Waals surface area contributed by atoms with E-state index >= 15 is 0 Å². The largest absolute Gasteiger partial charge is 0.443 e. The molecule has 2 aliphatic heterocycles. The van der Waals surface area contributed by atoms with Gasteiger partial charge in [0.1, 0.15) is 6.10 Å². The molecule has 2 fully saturated rings. The minimum absolute atomic E-state index is 0.0201. The Bertz CT molecular complexity index is 322. The molecule has 2 heterocycles. The Labute approximate surface area is 70.2 Å². The van der Waals surface area contributed by atoms with Crippen LogP contribution in [0.25, 0.3) is 0 Å². The van der Waals surface area contributed by atoms with E-state index in [9.17, 15) is 13.2 Å². The second-order valence-corrected chi connectivity index (χ2v) is 5.33. The average Bonchev–Trinajstić information content (AvgIpc) is 2.33. The zero-order chi connectivity index (χ0) is 8.93. The van der Waals surface area contributed by atoms with Gasteiger partial charge in [-0.3, -0.25) is 0 Å². The summed E-state index contributed by atoms with van der Waals surface area (Å²) < 4.78 is 27.0. The summed E-state index contributed by atoms with van der Waals surface area (Å²) in [5.41, 5.74) is 0. The van der Waals surface area contributed by atoms with Crippen LogP contribution in [0.1, 0.15) is 0 Å². The predicted octanol–water partition coefficient (Wildman–Crippen LogP) is -0.766. The molecule has 0 aromatic carbocycles. The van der Waals surface area contributed by atoms with Crippen LogP contribution in [0.5, 0.6) is 0 Å². The van der Waals surface area contributed by atoms with E-state index in [4.69, 9.17) is 4.74 Å². The third kappa shape index (κ3) is 0.979. The number of ether oxygens (including phenoxy) is 1. The van der Waals surface area contributed by atoms with E-state index in [1.165, 1.54) is 4.90 Å². The summed E-state index contributed by atoms with van der Waals surface area (Å²) in [6.07, 6.45) is -0.854. The molecule has 2 rings (SSSR count). The third-order valence-corrected chi connectivity index (χ3v) is 4.00. The second kappa shape index (κ2) is 2.12. The predicted molar refractivity (Wildman–Crippen MR) is 40.5 cm³/mol. The van der Waals surface area contributed by atoms with Gasteiger partial charge in [-0.15, -0.1) is 0 Å². The smallest absolute Gasteiger partial charge is 0.410 e. The quantitative estimate of drug-likeness (QED) is 0.504. The van der Waals surface area contributed by atoms with E-state index in [-0.39, 0.29) is 17.5 Å². The second-order valence-electron chi connectivity index (χ2n) is 3.18. The fraction of sp³-hybridized carbons (Fsp3) is 0.833. The van der Waals surface area contributed by atoms with Crippen molar-refractivity contribution in [2.45, 2.75) is 12.1 Å². The van der Waals surface area contributed by atoms with E-state index in [0.29, 0.717) is 0 Å². The first-order valence-electron chi connectivity index (χ1n) is 3.63. The molecular formula is C6H9NO4S. The van der Waals surface area contributed by atoms with E-state index < -0.39 is 22.0 Å². The molecule has 68 valence electrons. The monoisotopic (exact) mass is 191 g/mol. The van der Waals surface area contributed by atoms with Crippen LogP contribution in [-0.2, 0) is 14.6 Å². The lowest BCUT2D eigenvalue weighted by Crippen LogP contribution is -2.33. The number of amides is 1. The van der Waals surface area contributed by atoms with Crippen LogP contribution in [0.4, 0.5) is 4.79 Å². The molecule has 0 bridgehead atoms. The summed E-state index contributed by atoms with van der Waals surface area (Å²) in [5.74, 6) is 0.0215. The van der Waals surface area contributed by atoms with Crippen molar-refractivity contribution >= 4 is 15.9 Å². The maximum absolute atomic E-state index is 11.1. The summed E-state index contributed by atoms with van der Waals surface area (Å²) in [4.78, 5) is 12.3. The first kappa shape index (κ1) is 7.85. The van der Waals surface area contributed by atoms with Crippen molar-refractivity contribution in [3.63, 3.8) is 0 Å². The summed E-state index contributed by atoms with van der Waals surface area (Å²) in [6, 6.07) is -0.262. The Kier molecular flexibility index (Phi) is 1.39. The molecule has 12 heavy (non-hydrogen) atoms. The van der Waals surface area contributed by atoms with Crippen molar-refractivity contribution < 1.29 is 17.9 Å². The number of fused-ring (bicyclic) bond motifs is 1. The first-order chi connectivity index (χ1) is 5.49. The number of nitrogens with zero attached hydrogens (tertiary/aromatic N) is 1. The SMILES string of the molecule is CN1C(=O)OC2CS(=O)(=O)CC21. The lowest BCUT2D eigenvalue weighted by atomic mass is 10.2. The first-order valence-corrected chi connectivity index (χ1v) is 5.45. The van der Waals surface area contributed by atoms with Crippen molar-refractivity contribution in [1.29, 1.82) is 0 Å². The molecule has 0 radical (unpaired) electrons. The molecule has 2 unspecified atom stereocenters. The topological polar surface area (TPSA) is 63.7 Å². The van der Waals surface area contributed by atoms with Gasteiger partial charge in [0.2, 0.25) is 0 Å². The zero-order valence-electron chi connectivity index (χ0n) is 6.56. The van der Waals surface area contributed by atoms with E-state index in [0.717, 1.165) is 0 Å². The highest BCUT2D eigenvalue weighted by Gasteiger charge is 2.49. The van der Waals surface area contributed by atoms with Crippen LogP contribution in [0.15, 0.2) is 0 Å². The number of rotatable bonds is 0. The standard InChI is InChI=1S/C6H9NO4S/c1-7-4-2-12(9,10)3-5(4)11-6(7)8/h4-5H,2-3H2,1H3. The number of hydrogen-bond donors (Lipinski definition) is 0. The molecule has 2 atom stereocenters. The van der Waals surface area contributed by atoms with Gasteiger partial charge in [0, 0.05) is 7.05 Å². The van der Waals surface area contributed by atoms with Crippen LogP contribution in [-0.4, -0.2) is 50.1 Å². The number of carbonyl (C=O) groups excluding carboxylic acids is 1. The molecule has 0 aromatic rings. The van der Waals surface area contributed by atoms with Crippen molar-refractivity contribution in [3.05, 3.63) is 0 Å². The molecule has 5 nitrogen and oxygen atoms in total. The zero-order valence-corrected chi connectivity index (χ0v) is 7.37. The minimum Gasteiger partial charge on any atom is -0.443 e. The molecule has 0 aromatic heterocycles. The highest BCUT2D eigenvalue weighted by molar-refractivity contribution is 7.91. The Balaban J connectivity index is 2.27. The Morgan fingerprint density at radius 3 is 2.75 bits per heavy atom. The third-order valence-electron chi connectivity index (χ3n) is 2.31. The fourth-order valence-corrected chi connectivity index (χ4v) is 3.50. The van der Waals surface area contributed by atoms with Gasteiger partial charge in [0.05, 0.1) is 17.5 Å². The normalized spacial score (nSPS) is 38.1. The Hall–Kier alpha value is -0.780. The van der Waals surface area contributed by atoms with Crippen LogP contribution in [0.2, 0.25) is 0 Å². The highest BCUT2D eigenvalue weighted by Crippen LogP contribution is 2.26. The van der Waals surface area contributed by atoms with E-state index in [2.05, 4.69) is 0 Å². The van der Waals surface area contributed by atoms with Gasteiger partial charge in [-0.1, -0.05) is 0 Å². The number of sulfone groups is 1. The van der Waals surface area contributed by atoms with E-state index in [1.807, 2.05) is 0 Å². The Morgan fingerprint density at radius 1 is 1.50 bits per heavy atom. The van der Waals surface area contributed by atoms with Gasteiger partial charge >= 0.3 is 6.09 Å². The Morgan fingerprint density at radius 2 is 2.17 bits per heavy atom. The van der Waals surface area contributed by atoms with Crippen molar-refractivity contribution in [2.24, 2.45) is 0 Å². The molecule has 6 heteroatoms. The maximum atomic E-state index is 11.1. The minimum atomic E-state index is -2.98. The fourth-order valence-electron chi connectivity index (χ4n) is 1.62. The lowest BCUT2D eigenvalue weighted by molar-refractivity contribution is 0.141. The van der Waals surface area contributed by atoms with Crippen LogP contribution < -0.4 is 0 Å². The van der Waals surface area contributed by atoms with Crippen LogP contribution >= 0.6 is 0 Å². The maximum Gasteiger partial charge on any atom is 0.410 e. The van der Waals surface area contributed by atoms with Gasteiger partial charge in [-0.2, -0.15) is 0 Å². The van der Waals surface area contributed by atoms with Gasteiger partial charge in [-0.05, 0) is 0 Å². The molecule has 1 amide bonds. The van der Waals surface area contributed by atoms with Crippen LogP contribution in [0.3, 0.4) is 0 Å². The number of likely N-dealkylation sites (N-methyl/N-ethyl adjacent to an activating group) is 1. The summed E-state index contributed by atoms with van der Waals surface area (Å²) in [5, 5.41) is 0. The van der Waals surface area contributed by atoms with Crippen molar-refractivity contribution in [2.75, 3.05) is 18.6 Å².